The van der Waals surface area contributed by atoms with Gasteiger partial charge in [0.1, 0.15) is 0 Å². The standard InChI is InChI=1S/4C24H51O6P.Ni/c4*1-7-13-16-22(25-10-4)19-28-31(29-20-23(26-11-5)17-14-8-2)30-21-24(27-12-6)18-15-9-3;/h4*22-24H,7-21H2,1-6H3;. The number of hydrogen-bond donors (Lipinski definition) is 0. The van der Waals surface area contributed by atoms with E-state index in [2.05, 4.69) is 83.1 Å². The molecule has 762 valence electrons. The van der Waals surface area contributed by atoms with Crippen LogP contribution in [0.2, 0.25) is 0 Å². The summed E-state index contributed by atoms with van der Waals surface area (Å²) in [5.74, 6) is 0. The zero-order chi connectivity index (χ0) is 92.6. The van der Waals surface area contributed by atoms with Crippen molar-refractivity contribution in [3.8, 4) is 0 Å². The van der Waals surface area contributed by atoms with E-state index in [0.29, 0.717) is 159 Å². The van der Waals surface area contributed by atoms with Crippen molar-refractivity contribution in [2.75, 3.05) is 159 Å². The van der Waals surface area contributed by atoms with Crippen molar-refractivity contribution in [3.63, 3.8) is 0 Å². The van der Waals surface area contributed by atoms with Gasteiger partial charge in [0.05, 0.1) is 153 Å². The van der Waals surface area contributed by atoms with Gasteiger partial charge < -0.3 is 111 Å². The van der Waals surface area contributed by atoms with Crippen LogP contribution in [0.25, 0.3) is 0 Å². The quantitative estimate of drug-likeness (QED) is 0.0408. The Balaban J connectivity index is -0.000000511. The molecule has 0 aliphatic rings. The molecule has 0 aromatic rings. The van der Waals surface area contributed by atoms with Gasteiger partial charge in [-0.25, -0.2) is 0 Å². The largest absolute Gasteiger partial charge is 0.376 e. The molecule has 0 saturated carbocycles. The first-order valence-corrected chi connectivity index (χ1v) is 55.1. The Morgan fingerprint density at radius 1 is 0.128 bits per heavy atom. The molecule has 0 bridgehead atoms. The molecule has 29 heteroatoms. The summed E-state index contributed by atoms with van der Waals surface area (Å²) in [6.45, 7) is 64.7. The topological polar surface area (TPSA) is 222 Å². The summed E-state index contributed by atoms with van der Waals surface area (Å²) >= 11 is 0. The van der Waals surface area contributed by atoms with Gasteiger partial charge in [-0.2, -0.15) is 0 Å². The molecule has 0 rings (SSSR count). The number of hydrogen-bond acceptors (Lipinski definition) is 24. The minimum absolute atomic E-state index is 0. The zero-order valence-corrected chi connectivity index (χ0v) is 89.8. The van der Waals surface area contributed by atoms with E-state index < -0.39 is 34.4 Å². The van der Waals surface area contributed by atoms with Crippen molar-refractivity contribution in [2.24, 2.45) is 0 Å². The van der Waals surface area contributed by atoms with Crippen LogP contribution in [0.3, 0.4) is 0 Å². The minimum atomic E-state index is -1.48. The molecule has 0 fully saturated rings. The maximum Gasteiger partial charge on any atom is 0.332 e. The SMILES string of the molecule is CCCCC(COP(OCC(CCCC)OCC)OCC(CCCC)OCC)OCC.CCCCC(COP(OCC(CCCC)OCC)OCC(CCCC)OCC)OCC.CCCCC(COP(OCC(CCCC)OCC)OCC(CCCC)OCC)OCC.CCCCC(COP(OCC(CCCC)OCC)OCC(CCCC)OCC)OCC.[Ni]. The van der Waals surface area contributed by atoms with Crippen LogP contribution in [0, 0.1) is 0 Å². The van der Waals surface area contributed by atoms with E-state index in [1.165, 1.54) is 0 Å². The smallest absolute Gasteiger partial charge is 0.332 e. The minimum Gasteiger partial charge on any atom is -0.376 e. The molecule has 0 aliphatic carbocycles. The van der Waals surface area contributed by atoms with Crippen LogP contribution in [0.5, 0.6) is 0 Å². The van der Waals surface area contributed by atoms with Crippen LogP contribution in [-0.4, -0.2) is 232 Å². The van der Waals surface area contributed by atoms with Gasteiger partial charge in [-0.3, -0.25) is 0 Å². The molecule has 0 N–H and O–H groups in total. The van der Waals surface area contributed by atoms with Crippen molar-refractivity contribution in [1.82, 2.24) is 0 Å². The van der Waals surface area contributed by atoms with E-state index in [9.17, 15) is 0 Å². The second kappa shape index (κ2) is 109. The van der Waals surface area contributed by atoms with Gasteiger partial charge in [0.25, 0.3) is 0 Å². The predicted octanol–water partition coefficient (Wildman–Crippen LogP) is 28.2. The van der Waals surface area contributed by atoms with Crippen molar-refractivity contribution < 1.29 is 128 Å². The van der Waals surface area contributed by atoms with Crippen LogP contribution >= 0.6 is 34.4 Å². The van der Waals surface area contributed by atoms with E-state index in [0.717, 1.165) is 231 Å². The third kappa shape index (κ3) is 90.2. The van der Waals surface area contributed by atoms with Crippen molar-refractivity contribution in [2.45, 2.75) is 471 Å². The predicted molar refractivity (Wildman–Crippen MR) is 518 cm³/mol. The molecule has 24 nitrogen and oxygen atoms in total. The molecular formula is C96H204NiO24P4. The average molecular weight is 1930 g/mol. The molecule has 0 heterocycles. The van der Waals surface area contributed by atoms with Gasteiger partial charge in [-0.1, -0.05) is 237 Å². The summed E-state index contributed by atoms with van der Waals surface area (Å²) in [4.78, 5) is 0. The van der Waals surface area contributed by atoms with Crippen LogP contribution in [-0.2, 0) is 128 Å². The van der Waals surface area contributed by atoms with Crippen LogP contribution in [0.1, 0.15) is 397 Å². The van der Waals surface area contributed by atoms with Crippen LogP contribution in [0.15, 0.2) is 0 Å². The average Bonchev–Trinajstić information content (AvgIpc) is 0.944. The summed E-state index contributed by atoms with van der Waals surface area (Å²) in [5.41, 5.74) is 0. The van der Waals surface area contributed by atoms with Gasteiger partial charge in [0.15, 0.2) is 0 Å². The molecule has 0 amide bonds. The van der Waals surface area contributed by atoms with Gasteiger partial charge in [-0.15, -0.1) is 0 Å². The van der Waals surface area contributed by atoms with Crippen molar-refractivity contribution in [1.29, 1.82) is 0 Å². The summed E-state index contributed by atoms with van der Waals surface area (Å²) < 4.78 is 143. The molecule has 0 aliphatic heterocycles. The summed E-state index contributed by atoms with van der Waals surface area (Å²) in [7, 11) is -5.90. The first-order chi connectivity index (χ1) is 60.6. The maximum absolute atomic E-state index is 6.10. The Hall–Kier alpha value is 1.25. The molecule has 12 atom stereocenters. The second-order valence-electron chi connectivity index (χ2n) is 31.1. The molecule has 0 aromatic carbocycles. The number of rotatable bonds is 96. The molecule has 12 unspecified atom stereocenters. The van der Waals surface area contributed by atoms with E-state index in [-0.39, 0.29) is 89.7 Å². The molecule has 125 heavy (non-hydrogen) atoms. The fourth-order valence-corrected chi connectivity index (χ4v) is 17.1. The first-order valence-electron chi connectivity index (χ1n) is 50.7. The fraction of sp³-hybridized carbons (Fsp3) is 1.00. The van der Waals surface area contributed by atoms with Gasteiger partial charge in [-0.05, 0) is 160 Å². The molecule has 0 radical (unpaired) electrons. The Labute approximate surface area is 786 Å². The number of ether oxygens (including phenoxy) is 12. The molecule has 0 aromatic heterocycles. The Kier molecular flexibility index (Phi) is 117. The first kappa shape index (κ1) is 135. The fourth-order valence-electron chi connectivity index (χ4n) is 12.8. The molecule has 0 spiro atoms. The zero-order valence-electron chi connectivity index (χ0n) is 85.3. The number of unbranched alkanes of at least 4 members (excludes halogenated alkanes) is 12. The van der Waals surface area contributed by atoms with Crippen LogP contribution < -0.4 is 0 Å². The summed E-state index contributed by atoms with van der Waals surface area (Å²) in [6, 6.07) is 0. The third-order valence-electron chi connectivity index (χ3n) is 19.8. The van der Waals surface area contributed by atoms with Gasteiger partial charge >= 0.3 is 34.4 Å². The summed E-state index contributed by atoms with van der Waals surface area (Å²) in [6.07, 6.45) is 40.0. The Morgan fingerprint density at radius 2 is 0.200 bits per heavy atom. The normalized spacial score (nSPS) is 15.6. The van der Waals surface area contributed by atoms with E-state index in [4.69, 9.17) is 111 Å². The third-order valence-corrected chi connectivity index (χ3v) is 24.1. The van der Waals surface area contributed by atoms with E-state index in [1.807, 2.05) is 83.1 Å². The van der Waals surface area contributed by atoms with Gasteiger partial charge in [0.2, 0.25) is 0 Å². The Morgan fingerprint density at radius 3 is 0.256 bits per heavy atom. The Bertz CT molecular complexity index is 1510. The van der Waals surface area contributed by atoms with E-state index in [1.54, 1.807) is 0 Å². The molecular weight excluding hydrogens is 1720 g/mol. The van der Waals surface area contributed by atoms with Gasteiger partial charge in [0, 0.05) is 95.8 Å². The van der Waals surface area contributed by atoms with Crippen molar-refractivity contribution in [3.05, 3.63) is 0 Å². The maximum atomic E-state index is 6.10. The van der Waals surface area contributed by atoms with Crippen LogP contribution in [0.4, 0.5) is 0 Å². The van der Waals surface area contributed by atoms with E-state index >= 15 is 0 Å². The monoisotopic (exact) mass is 1920 g/mol. The second-order valence-corrected chi connectivity index (χ2v) is 36.0. The molecule has 0 saturated heterocycles. The summed E-state index contributed by atoms with van der Waals surface area (Å²) in [5, 5.41) is 0. The van der Waals surface area contributed by atoms with Crippen molar-refractivity contribution >= 4 is 34.4 Å².